The zero-order valence-electron chi connectivity index (χ0n) is 16.7. The average Bonchev–Trinajstić information content (AvgIpc) is 3.31. The highest BCUT2D eigenvalue weighted by molar-refractivity contribution is 6.31. The third-order valence-corrected chi connectivity index (χ3v) is 6.19. The minimum absolute atomic E-state index is 0.0678. The Balaban J connectivity index is 1.74. The van der Waals surface area contributed by atoms with Crippen LogP contribution in [-0.2, 0) is 0 Å². The smallest absolute Gasteiger partial charge is 0.255 e. The van der Waals surface area contributed by atoms with Crippen molar-refractivity contribution in [3.05, 3.63) is 69.8 Å². The summed E-state index contributed by atoms with van der Waals surface area (Å²) in [6, 6.07) is 5.90. The van der Waals surface area contributed by atoms with Crippen LogP contribution in [-0.4, -0.2) is 42.8 Å². The summed E-state index contributed by atoms with van der Waals surface area (Å²) in [5, 5.41) is 22.0. The number of hydrogen-bond donors (Lipinski definition) is 2. The molecule has 1 unspecified atom stereocenters. The van der Waals surface area contributed by atoms with Gasteiger partial charge in [-0.25, -0.2) is 13.8 Å². The molecular formula is C21H19Cl2F2N5O2. The monoisotopic (exact) mass is 481 g/mol. The number of amides is 1. The number of nitrogens with one attached hydrogen (secondary N) is 1. The van der Waals surface area contributed by atoms with Crippen molar-refractivity contribution >= 4 is 29.1 Å². The number of pyridine rings is 1. The second kappa shape index (κ2) is 9.09. The summed E-state index contributed by atoms with van der Waals surface area (Å²) in [5.74, 6) is -1.26. The Morgan fingerprint density at radius 1 is 1.19 bits per heavy atom. The summed E-state index contributed by atoms with van der Waals surface area (Å²) >= 11 is 12.2. The van der Waals surface area contributed by atoms with Gasteiger partial charge in [-0.05, 0) is 49.4 Å². The van der Waals surface area contributed by atoms with Crippen LogP contribution in [0.3, 0.4) is 0 Å². The van der Waals surface area contributed by atoms with E-state index in [0.29, 0.717) is 0 Å². The van der Waals surface area contributed by atoms with Gasteiger partial charge in [0.15, 0.2) is 5.82 Å². The normalized spacial score (nSPS) is 21.8. The first-order valence-corrected chi connectivity index (χ1v) is 10.7. The predicted octanol–water partition coefficient (Wildman–Crippen LogP) is 4.22. The van der Waals surface area contributed by atoms with Crippen LogP contribution in [0, 0.1) is 5.82 Å². The van der Waals surface area contributed by atoms with E-state index in [1.54, 1.807) is 0 Å². The molecule has 1 fully saturated rings. The van der Waals surface area contributed by atoms with E-state index < -0.39 is 29.5 Å². The third-order valence-electron chi connectivity index (χ3n) is 5.58. The number of nitrogens with zero attached hydrogens (tertiary/aromatic N) is 4. The first-order chi connectivity index (χ1) is 15.3. The molecule has 0 radical (unpaired) electrons. The summed E-state index contributed by atoms with van der Waals surface area (Å²) in [4.78, 5) is 18.6. The lowest BCUT2D eigenvalue weighted by atomic mass is 9.76. The van der Waals surface area contributed by atoms with E-state index in [9.17, 15) is 18.7 Å². The van der Waals surface area contributed by atoms with Gasteiger partial charge >= 0.3 is 0 Å². The van der Waals surface area contributed by atoms with Crippen LogP contribution in [0.1, 0.15) is 47.6 Å². The largest absolute Gasteiger partial charge is 0.387 e. The number of benzene rings is 1. The number of hydrogen-bond acceptors (Lipinski definition) is 5. The van der Waals surface area contributed by atoms with E-state index in [0.717, 1.165) is 4.80 Å². The van der Waals surface area contributed by atoms with Crippen molar-refractivity contribution in [3.63, 3.8) is 0 Å². The van der Waals surface area contributed by atoms with Crippen LogP contribution in [0.2, 0.25) is 10.2 Å². The fourth-order valence-corrected chi connectivity index (χ4v) is 4.28. The van der Waals surface area contributed by atoms with E-state index in [-0.39, 0.29) is 52.8 Å². The SMILES string of the molecule is O=C(NC(c1cccc(F)c1Cl)C1(O)CCC(F)CC1)c1ccc(Cl)nc1-n1nccn1. The van der Waals surface area contributed by atoms with E-state index in [1.165, 1.54) is 42.7 Å². The molecule has 2 N–H and O–H groups in total. The molecule has 0 bridgehead atoms. The van der Waals surface area contributed by atoms with E-state index in [2.05, 4.69) is 20.5 Å². The Kier molecular flexibility index (Phi) is 6.41. The number of halogens is 4. The number of carbonyl (C=O) groups is 1. The van der Waals surface area contributed by atoms with Crippen molar-refractivity contribution in [2.45, 2.75) is 43.5 Å². The minimum atomic E-state index is -1.53. The third kappa shape index (κ3) is 4.46. The number of alkyl halides is 1. The fourth-order valence-electron chi connectivity index (χ4n) is 3.91. The lowest BCUT2D eigenvalue weighted by Gasteiger charge is -2.41. The Morgan fingerprint density at radius 2 is 1.88 bits per heavy atom. The highest BCUT2D eigenvalue weighted by atomic mass is 35.5. The first-order valence-electron chi connectivity index (χ1n) is 9.93. The van der Waals surface area contributed by atoms with E-state index in [1.807, 2.05) is 0 Å². The first kappa shape index (κ1) is 22.6. The van der Waals surface area contributed by atoms with Crippen LogP contribution in [0.25, 0.3) is 5.82 Å². The molecule has 0 saturated heterocycles. The molecule has 1 atom stereocenters. The molecule has 4 rings (SSSR count). The van der Waals surface area contributed by atoms with Gasteiger partial charge in [0, 0.05) is 0 Å². The lowest BCUT2D eigenvalue weighted by Crippen LogP contribution is -2.49. The van der Waals surface area contributed by atoms with Gasteiger partial charge in [-0.15, -0.1) is 4.80 Å². The quantitative estimate of drug-likeness (QED) is 0.532. The van der Waals surface area contributed by atoms with E-state index in [4.69, 9.17) is 23.2 Å². The minimum Gasteiger partial charge on any atom is -0.387 e. The fraction of sp³-hybridized carbons (Fsp3) is 0.333. The zero-order chi connectivity index (χ0) is 22.9. The van der Waals surface area contributed by atoms with Crippen molar-refractivity contribution in [1.82, 2.24) is 25.3 Å². The van der Waals surface area contributed by atoms with Crippen molar-refractivity contribution in [1.29, 1.82) is 0 Å². The molecule has 1 aromatic carbocycles. The molecule has 1 aliphatic rings. The maximum absolute atomic E-state index is 14.2. The Labute approximate surface area is 192 Å². The Hall–Kier alpha value is -2.62. The van der Waals surface area contributed by atoms with Crippen molar-refractivity contribution in [2.75, 3.05) is 0 Å². The topological polar surface area (TPSA) is 92.9 Å². The van der Waals surface area contributed by atoms with Crippen LogP contribution in [0.4, 0.5) is 8.78 Å². The Bertz CT molecular complexity index is 1120. The molecular weight excluding hydrogens is 463 g/mol. The van der Waals surface area contributed by atoms with Crippen molar-refractivity contribution in [3.8, 4) is 5.82 Å². The van der Waals surface area contributed by atoms with Gasteiger partial charge in [-0.1, -0.05) is 35.3 Å². The van der Waals surface area contributed by atoms with E-state index >= 15 is 0 Å². The lowest BCUT2D eigenvalue weighted by molar-refractivity contribution is -0.0445. The molecule has 0 aliphatic heterocycles. The molecule has 11 heteroatoms. The summed E-state index contributed by atoms with van der Waals surface area (Å²) in [6.07, 6.45) is 2.14. The summed E-state index contributed by atoms with van der Waals surface area (Å²) in [5.41, 5.74) is -1.26. The summed E-state index contributed by atoms with van der Waals surface area (Å²) in [6.45, 7) is 0. The highest BCUT2D eigenvalue weighted by Gasteiger charge is 2.43. The molecule has 32 heavy (non-hydrogen) atoms. The second-order valence-corrected chi connectivity index (χ2v) is 8.42. The summed E-state index contributed by atoms with van der Waals surface area (Å²) in [7, 11) is 0. The van der Waals surface area contributed by atoms with Gasteiger partial charge in [0.2, 0.25) is 0 Å². The molecule has 2 heterocycles. The molecule has 0 spiro atoms. The van der Waals surface area contributed by atoms with Crippen LogP contribution < -0.4 is 5.32 Å². The van der Waals surface area contributed by atoms with Gasteiger partial charge < -0.3 is 10.4 Å². The highest BCUT2D eigenvalue weighted by Crippen LogP contribution is 2.42. The number of aromatic nitrogens is 4. The van der Waals surface area contributed by atoms with Gasteiger partial charge in [-0.3, -0.25) is 4.79 Å². The maximum Gasteiger partial charge on any atom is 0.255 e. The molecule has 1 amide bonds. The standard InChI is InChI=1S/C21H19Cl2F2N5O2/c22-16-5-4-14(19(28-16)30-26-10-11-27-30)20(31)29-18(13-2-1-3-15(25)17(13)23)21(32)8-6-12(24)7-9-21/h1-5,10-12,18,32H,6-9H2,(H,29,31). The number of carbonyl (C=O) groups excluding carboxylic acids is 1. The predicted molar refractivity (Wildman–Crippen MR) is 114 cm³/mol. The maximum atomic E-state index is 14.2. The van der Waals surface area contributed by atoms with Crippen LogP contribution >= 0.6 is 23.2 Å². The number of aliphatic hydroxyl groups is 1. The van der Waals surface area contributed by atoms with Crippen LogP contribution in [0.15, 0.2) is 42.7 Å². The van der Waals surface area contributed by atoms with Crippen molar-refractivity contribution in [2.24, 2.45) is 0 Å². The van der Waals surface area contributed by atoms with Gasteiger partial charge in [0.1, 0.15) is 17.1 Å². The Morgan fingerprint density at radius 3 is 2.56 bits per heavy atom. The second-order valence-electron chi connectivity index (χ2n) is 7.65. The van der Waals surface area contributed by atoms with Crippen molar-refractivity contribution < 1.29 is 18.7 Å². The van der Waals surface area contributed by atoms with Gasteiger partial charge in [-0.2, -0.15) is 10.2 Å². The number of rotatable bonds is 5. The molecule has 3 aromatic rings. The molecule has 2 aromatic heterocycles. The van der Waals surface area contributed by atoms with Gasteiger partial charge in [0.25, 0.3) is 5.91 Å². The molecule has 168 valence electrons. The molecule has 1 saturated carbocycles. The average molecular weight is 482 g/mol. The zero-order valence-corrected chi connectivity index (χ0v) is 18.2. The van der Waals surface area contributed by atoms with Gasteiger partial charge in [0.05, 0.1) is 34.6 Å². The van der Waals surface area contributed by atoms with Crippen LogP contribution in [0.5, 0.6) is 0 Å². The summed E-state index contributed by atoms with van der Waals surface area (Å²) < 4.78 is 28.0. The molecule has 1 aliphatic carbocycles. The molecule has 7 nitrogen and oxygen atoms in total.